The molecule has 4 heterocycles. The van der Waals surface area contributed by atoms with Crippen molar-refractivity contribution in [3.8, 4) is 5.69 Å². The molecule has 3 aliphatic heterocycles. The summed E-state index contributed by atoms with van der Waals surface area (Å²) in [6, 6.07) is 63.6. The second kappa shape index (κ2) is 10.00. The van der Waals surface area contributed by atoms with Crippen molar-refractivity contribution in [3.63, 3.8) is 0 Å². The molecule has 0 fully saturated rings. The van der Waals surface area contributed by atoms with Gasteiger partial charge in [0.25, 0.3) is 0 Å². The van der Waals surface area contributed by atoms with Crippen LogP contribution in [0.25, 0.3) is 33.2 Å². The van der Waals surface area contributed by atoms with E-state index in [4.69, 9.17) is 0 Å². The first kappa shape index (κ1) is 28.5. The van der Waals surface area contributed by atoms with Crippen LogP contribution in [-0.4, -0.2) is 9.47 Å². The van der Waals surface area contributed by atoms with Gasteiger partial charge in [-0.3, -0.25) is 5.32 Å². The summed E-state index contributed by atoms with van der Waals surface area (Å²) in [5, 5.41) is 6.77. The standard InChI is InChI=1S/C49H35N3/c1-48-36-23-9-10-24-37(36)49(38-25-11-13-29-43(38)51-42-28-12-8-20-33(42)34-21-14-27-40(49)46(34)51)39-26-15-22-35(45(39)48)47-50-41(31-16-4-2-5-17-31)30-44(52(47)48)32-18-6-3-7-19-32/h2-30,41,47,50H,1H3. The smallest absolute Gasteiger partial charge is 0.108 e. The number of hydrogen-bond donors (Lipinski definition) is 1. The van der Waals surface area contributed by atoms with Crippen LogP contribution in [0.1, 0.15) is 69.2 Å². The van der Waals surface area contributed by atoms with Gasteiger partial charge in [-0.15, -0.1) is 0 Å². The van der Waals surface area contributed by atoms with Crippen LogP contribution >= 0.6 is 0 Å². The second-order valence-electron chi connectivity index (χ2n) is 15.0. The maximum Gasteiger partial charge on any atom is 0.108 e. The van der Waals surface area contributed by atoms with E-state index in [0.29, 0.717) is 0 Å². The normalized spacial score (nSPS) is 23.2. The molecule has 12 rings (SSSR count). The third-order valence-corrected chi connectivity index (χ3v) is 12.7. The summed E-state index contributed by atoms with van der Waals surface area (Å²) in [4.78, 5) is 2.70. The predicted molar refractivity (Wildman–Crippen MR) is 210 cm³/mol. The Morgan fingerprint density at radius 1 is 0.538 bits per heavy atom. The molecule has 52 heavy (non-hydrogen) atoms. The van der Waals surface area contributed by atoms with Crippen LogP contribution in [0.4, 0.5) is 0 Å². The van der Waals surface area contributed by atoms with E-state index in [2.05, 4.69) is 198 Å². The van der Waals surface area contributed by atoms with Crippen molar-refractivity contribution in [2.45, 2.75) is 30.1 Å². The molecule has 1 aromatic heterocycles. The lowest BCUT2D eigenvalue weighted by Gasteiger charge is -2.53. The first-order valence-corrected chi connectivity index (χ1v) is 18.4. The Hall–Kier alpha value is -6.16. The average Bonchev–Trinajstić information content (AvgIpc) is 3.70. The van der Waals surface area contributed by atoms with Gasteiger partial charge in [0.15, 0.2) is 0 Å². The van der Waals surface area contributed by atoms with Crippen LogP contribution in [0.15, 0.2) is 176 Å². The lowest BCUT2D eigenvalue weighted by molar-refractivity contribution is 0.148. The number of aromatic nitrogens is 1. The third-order valence-electron chi connectivity index (χ3n) is 12.7. The van der Waals surface area contributed by atoms with E-state index in [1.54, 1.807) is 0 Å². The van der Waals surface area contributed by atoms with Crippen molar-refractivity contribution in [2.75, 3.05) is 0 Å². The fraction of sp³-hybridized carbons (Fsp3) is 0.102. The quantitative estimate of drug-likeness (QED) is 0.198. The molecule has 4 unspecified atom stereocenters. The van der Waals surface area contributed by atoms with E-state index in [9.17, 15) is 0 Å². The lowest BCUT2D eigenvalue weighted by Crippen LogP contribution is -2.51. The van der Waals surface area contributed by atoms with Gasteiger partial charge in [0.05, 0.1) is 33.7 Å². The number of hydrogen-bond acceptors (Lipinski definition) is 2. The van der Waals surface area contributed by atoms with Crippen molar-refractivity contribution >= 4 is 27.5 Å². The molecule has 3 heteroatoms. The highest BCUT2D eigenvalue weighted by Crippen LogP contribution is 2.66. The first-order chi connectivity index (χ1) is 25.7. The lowest BCUT2D eigenvalue weighted by atomic mass is 9.54. The van der Waals surface area contributed by atoms with E-state index in [0.717, 1.165) is 0 Å². The maximum absolute atomic E-state index is 4.17. The largest absolute Gasteiger partial charge is 0.338 e. The van der Waals surface area contributed by atoms with Crippen LogP contribution in [0, 0.1) is 0 Å². The Morgan fingerprint density at radius 3 is 2.02 bits per heavy atom. The summed E-state index contributed by atoms with van der Waals surface area (Å²) < 4.78 is 2.53. The fourth-order valence-electron chi connectivity index (χ4n) is 10.8. The van der Waals surface area contributed by atoms with Gasteiger partial charge in [0.1, 0.15) is 6.17 Å². The Bertz CT molecular complexity index is 2810. The second-order valence-corrected chi connectivity index (χ2v) is 15.0. The predicted octanol–water partition coefficient (Wildman–Crippen LogP) is 10.8. The highest BCUT2D eigenvalue weighted by Gasteiger charge is 2.61. The summed E-state index contributed by atoms with van der Waals surface area (Å²) in [6.45, 7) is 2.48. The van der Waals surface area contributed by atoms with Gasteiger partial charge in [-0.1, -0.05) is 158 Å². The Labute approximate surface area is 303 Å². The fourth-order valence-corrected chi connectivity index (χ4v) is 10.8. The monoisotopic (exact) mass is 665 g/mol. The molecule has 0 radical (unpaired) electrons. The number of para-hydroxylation sites is 3. The van der Waals surface area contributed by atoms with Gasteiger partial charge < -0.3 is 9.47 Å². The molecule has 4 atom stereocenters. The zero-order chi connectivity index (χ0) is 34.2. The molecular weight excluding hydrogens is 631 g/mol. The van der Waals surface area contributed by atoms with E-state index in [1.807, 2.05) is 0 Å². The molecule has 3 nitrogen and oxygen atoms in total. The topological polar surface area (TPSA) is 20.2 Å². The van der Waals surface area contributed by atoms with E-state index >= 15 is 0 Å². The molecule has 0 saturated carbocycles. The van der Waals surface area contributed by atoms with Gasteiger partial charge in [-0.05, 0) is 75.2 Å². The summed E-state index contributed by atoms with van der Waals surface area (Å²) in [7, 11) is 0. The molecule has 0 saturated heterocycles. The van der Waals surface area contributed by atoms with Gasteiger partial charge in [-0.2, -0.15) is 0 Å². The SMILES string of the molecule is CC12c3ccccc3C3(c4ccccc4-n4c5ccccc5c5cccc3c54)c3cccc(c31)C1NC(c3ccccc3)C=C(c3ccccc3)N12. The minimum atomic E-state index is -0.522. The first-order valence-electron chi connectivity index (χ1n) is 18.4. The van der Waals surface area contributed by atoms with Crippen LogP contribution in [0.5, 0.6) is 0 Å². The van der Waals surface area contributed by atoms with Crippen molar-refractivity contribution in [1.82, 2.24) is 14.8 Å². The van der Waals surface area contributed by atoms with Crippen LogP contribution in [0.3, 0.4) is 0 Å². The zero-order valence-corrected chi connectivity index (χ0v) is 28.8. The van der Waals surface area contributed by atoms with Crippen molar-refractivity contribution in [3.05, 3.63) is 226 Å². The molecule has 0 bridgehead atoms. The Morgan fingerprint density at radius 2 is 1.17 bits per heavy atom. The van der Waals surface area contributed by atoms with E-state index < -0.39 is 11.0 Å². The number of nitrogens with one attached hydrogen (secondary N) is 1. The van der Waals surface area contributed by atoms with Gasteiger partial charge >= 0.3 is 0 Å². The summed E-state index contributed by atoms with van der Waals surface area (Å²) in [5.41, 5.74) is 16.2. The Balaban J connectivity index is 1.23. The number of rotatable bonds is 2. The molecule has 1 spiro atoms. The van der Waals surface area contributed by atoms with E-state index in [-0.39, 0.29) is 12.2 Å². The molecule has 4 aliphatic rings. The van der Waals surface area contributed by atoms with Crippen molar-refractivity contribution < 1.29 is 0 Å². The minimum absolute atomic E-state index is 0.0327. The number of benzene rings is 7. The number of nitrogens with zero attached hydrogens (tertiary/aromatic N) is 2. The summed E-state index contributed by atoms with van der Waals surface area (Å²) >= 11 is 0. The van der Waals surface area contributed by atoms with Crippen LogP contribution in [-0.2, 0) is 11.0 Å². The highest BCUT2D eigenvalue weighted by atomic mass is 15.4. The summed E-state index contributed by atoms with van der Waals surface area (Å²) in [6.07, 6.45) is 2.43. The highest BCUT2D eigenvalue weighted by molar-refractivity contribution is 6.12. The van der Waals surface area contributed by atoms with Crippen LogP contribution in [0.2, 0.25) is 0 Å². The third kappa shape index (κ3) is 3.27. The van der Waals surface area contributed by atoms with Crippen molar-refractivity contribution in [2.24, 2.45) is 0 Å². The maximum atomic E-state index is 4.17. The molecular formula is C49H35N3. The van der Waals surface area contributed by atoms with Gasteiger partial charge in [0.2, 0.25) is 0 Å². The van der Waals surface area contributed by atoms with Crippen LogP contribution < -0.4 is 5.32 Å². The van der Waals surface area contributed by atoms with Gasteiger partial charge in [0, 0.05) is 16.5 Å². The van der Waals surface area contributed by atoms with Crippen molar-refractivity contribution in [1.29, 1.82) is 0 Å². The molecule has 246 valence electrons. The minimum Gasteiger partial charge on any atom is -0.338 e. The van der Waals surface area contributed by atoms with Gasteiger partial charge in [-0.25, -0.2) is 0 Å². The molecule has 1 N–H and O–H groups in total. The molecule has 7 aromatic carbocycles. The summed E-state index contributed by atoms with van der Waals surface area (Å²) in [5.74, 6) is 0. The zero-order valence-electron chi connectivity index (χ0n) is 28.8. The molecule has 0 amide bonds. The average molecular weight is 666 g/mol. The molecule has 1 aliphatic carbocycles. The van der Waals surface area contributed by atoms with E-state index in [1.165, 1.54) is 83.3 Å². The number of fused-ring (bicyclic) bond motifs is 14. The Kier molecular flexibility index (Phi) is 5.49. The molecule has 8 aromatic rings.